The molecule has 1 amide bonds. The van der Waals surface area contributed by atoms with Gasteiger partial charge in [-0.1, -0.05) is 0 Å². The van der Waals surface area contributed by atoms with E-state index in [0.29, 0.717) is 29.1 Å². The molecule has 1 unspecified atom stereocenters. The summed E-state index contributed by atoms with van der Waals surface area (Å²) in [6, 6.07) is 25.9. The maximum absolute atomic E-state index is 12.9. The van der Waals surface area contributed by atoms with Crippen LogP contribution in [0.25, 0.3) is 0 Å². The van der Waals surface area contributed by atoms with Crippen molar-refractivity contribution in [2.45, 2.75) is 12.5 Å². The summed E-state index contributed by atoms with van der Waals surface area (Å²) in [5.74, 6) is -0.284. The Hall–Kier alpha value is -4.36. The van der Waals surface area contributed by atoms with Crippen molar-refractivity contribution in [2.24, 2.45) is 7.05 Å². The molecule has 1 aromatic heterocycles. The van der Waals surface area contributed by atoms with Gasteiger partial charge in [0.1, 0.15) is 5.69 Å². The number of rotatable bonds is 7. The Morgan fingerprint density at radius 1 is 0.833 bits per heavy atom. The van der Waals surface area contributed by atoms with Crippen molar-refractivity contribution >= 4 is 34.4 Å². The molecule has 7 nitrogen and oxygen atoms in total. The maximum atomic E-state index is 12.9. The van der Waals surface area contributed by atoms with E-state index in [2.05, 4.69) is 15.5 Å². The van der Waals surface area contributed by atoms with Gasteiger partial charge in [0.05, 0.1) is 6.10 Å². The predicted octanol–water partition coefficient (Wildman–Crippen LogP) is 4.82. The smallest absolute Gasteiger partial charge is 0.272 e. The van der Waals surface area contributed by atoms with E-state index in [4.69, 9.17) is 0 Å². The third-order valence-electron chi connectivity index (χ3n) is 6.41. The molecule has 36 heavy (non-hydrogen) atoms. The van der Waals surface area contributed by atoms with Gasteiger partial charge in [0, 0.05) is 60.2 Å². The first-order valence-corrected chi connectivity index (χ1v) is 11.9. The Kier molecular flexibility index (Phi) is 6.56. The standard InChI is InChI=1S/C29H28N4O3/c1-32-17-2-3-27(32)29(36)31-24-10-6-21(7-11-24)28(35)20-4-8-22(9-5-20)30-23-12-14-25(15-13-23)33-18-16-26(34)19-33/h2-15,17,26,30,34H,16,18-19H2,1H3,(H,31,36). The van der Waals surface area contributed by atoms with Crippen molar-refractivity contribution < 1.29 is 14.7 Å². The fraction of sp³-hybridized carbons (Fsp3) is 0.172. The molecule has 1 aliphatic heterocycles. The van der Waals surface area contributed by atoms with Crippen molar-refractivity contribution in [3.05, 3.63) is 108 Å². The van der Waals surface area contributed by atoms with Crippen LogP contribution in [0.4, 0.5) is 22.7 Å². The molecule has 1 atom stereocenters. The molecule has 1 fully saturated rings. The average Bonchev–Trinajstić information content (AvgIpc) is 3.53. The van der Waals surface area contributed by atoms with Gasteiger partial charge >= 0.3 is 0 Å². The summed E-state index contributed by atoms with van der Waals surface area (Å²) < 4.78 is 1.75. The molecule has 182 valence electrons. The van der Waals surface area contributed by atoms with Gasteiger partial charge in [-0.2, -0.15) is 0 Å². The van der Waals surface area contributed by atoms with Crippen LogP contribution in [0, 0.1) is 0 Å². The second kappa shape index (κ2) is 10.1. The van der Waals surface area contributed by atoms with Crippen LogP contribution in [0.3, 0.4) is 0 Å². The van der Waals surface area contributed by atoms with Gasteiger partial charge in [0.15, 0.2) is 5.78 Å². The SMILES string of the molecule is Cn1cccc1C(=O)Nc1ccc(C(=O)c2ccc(Nc3ccc(N4CCC(O)C4)cc3)cc2)cc1. The quantitative estimate of drug-likeness (QED) is 0.330. The van der Waals surface area contributed by atoms with Crippen LogP contribution in [0.15, 0.2) is 91.1 Å². The third kappa shape index (κ3) is 5.16. The first-order valence-electron chi connectivity index (χ1n) is 11.9. The molecule has 0 aliphatic carbocycles. The van der Waals surface area contributed by atoms with Crippen LogP contribution in [-0.4, -0.2) is 40.6 Å². The van der Waals surface area contributed by atoms with Gasteiger partial charge in [-0.3, -0.25) is 9.59 Å². The second-order valence-corrected chi connectivity index (χ2v) is 9.00. The number of hydrogen-bond acceptors (Lipinski definition) is 5. The first kappa shape index (κ1) is 23.4. The molecule has 0 radical (unpaired) electrons. The number of nitrogens with zero attached hydrogens (tertiary/aromatic N) is 2. The van der Waals surface area contributed by atoms with Gasteiger partial charge in [-0.05, 0) is 91.3 Å². The lowest BCUT2D eigenvalue weighted by molar-refractivity contribution is 0.101. The number of aliphatic hydroxyl groups excluding tert-OH is 1. The lowest BCUT2D eigenvalue weighted by Gasteiger charge is -2.18. The molecule has 3 aromatic carbocycles. The summed E-state index contributed by atoms with van der Waals surface area (Å²) in [5, 5.41) is 15.9. The highest BCUT2D eigenvalue weighted by Crippen LogP contribution is 2.25. The number of aliphatic hydroxyl groups is 1. The van der Waals surface area contributed by atoms with E-state index in [1.54, 1.807) is 47.0 Å². The van der Waals surface area contributed by atoms with Crippen LogP contribution in [-0.2, 0) is 7.05 Å². The Morgan fingerprint density at radius 3 is 1.94 bits per heavy atom. The number of aryl methyl sites for hydroxylation is 1. The molecule has 1 saturated heterocycles. The van der Waals surface area contributed by atoms with Crippen LogP contribution < -0.4 is 15.5 Å². The van der Waals surface area contributed by atoms with E-state index in [1.807, 2.05) is 55.7 Å². The number of carbonyl (C=O) groups excluding carboxylic acids is 2. The number of benzene rings is 3. The lowest BCUT2D eigenvalue weighted by Crippen LogP contribution is -2.20. The van der Waals surface area contributed by atoms with Crippen LogP contribution in [0.5, 0.6) is 0 Å². The molecule has 0 saturated carbocycles. The number of aromatic nitrogens is 1. The van der Waals surface area contributed by atoms with E-state index in [9.17, 15) is 14.7 Å². The normalized spacial score (nSPS) is 15.1. The Morgan fingerprint density at radius 2 is 1.42 bits per heavy atom. The fourth-order valence-electron chi connectivity index (χ4n) is 4.37. The van der Waals surface area contributed by atoms with Crippen LogP contribution >= 0.6 is 0 Å². The van der Waals surface area contributed by atoms with Gasteiger partial charge < -0.3 is 25.2 Å². The third-order valence-corrected chi connectivity index (χ3v) is 6.41. The molecular weight excluding hydrogens is 452 g/mol. The molecule has 7 heteroatoms. The highest BCUT2D eigenvalue weighted by atomic mass is 16.3. The van der Waals surface area contributed by atoms with Crippen molar-refractivity contribution in [2.75, 3.05) is 28.6 Å². The number of ketones is 1. The van der Waals surface area contributed by atoms with Crippen LogP contribution in [0.1, 0.15) is 32.8 Å². The maximum Gasteiger partial charge on any atom is 0.272 e. The number of β-amino-alcohol motifs (C(OH)–C–C–N with tert-alkyl or cyclic N) is 1. The van der Waals surface area contributed by atoms with Gasteiger partial charge in [-0.15, -0.1) is 0 Å². The zero-order valence-electron chi connectivity index (χ0n) is 20.0. The van der Waals surface area contributed by atoms with E-state index >= 15 is 0 Å². The lowest BCUT2D eigenvalue weighted by atomic mass is 10.0. The minimum absolute atomic E-state index is 0.0842. The monoisotopic (exact) mass is 480 g/mol. The van der Waals surface area contributed by atoms with E-state index in [1.165, 1.54) is 0 Å². The van der Waals surface area contributed by atoms with Gasteiger partial charge in [0.2, 0.25) is 0 Å². The number of amides is 1. The highest BCUT2D eigenvalue weighted by molar-refractivity contribution is 6.09. The van der Waals surface area contributed by atoms with E-state index in [-0.39, 0.29) is 17.8 Å². The predicted molar refractivity (Wildman–Crippen MR) is 142 cm³/mol. The van der Waals surface area contributed by atoms with Gasteiger partial charge in [0.25, 0.3) is 5.91 Å². The Bertz CT molecular complexity index is 1360. The molecule has 2 heterocycles. The summed E-state index contributed by atoms with van der Waals surface area (Å²) in [7, 11) is 1.81. The summed E-state index contributed by atoms with van der Waals surface area (Å²) >= 11 is 0. The number of anilines is 4. The van der Waals surface area contributed by atoms with Crippen molar-refractivity contribution in [3.8, 4) is 0 Å². The van der Waals surface area contributed by atoms with Gasteiger partial charge in [-0.25, -0.2) is 0 Å². The molecule has 4 aromatic rings. The van der Waals surface area contributed by atoms with Crippen molar-refractivity contribution in [1.82, 2.24) is 4.57 Å². The zero-order chi connectivity index (χ0) is 25.1. The molecule has 1 aliphatic rings. The molecule has 3 N–H and O–H groups in total. The Labute approximate surface area is 210 Å². The number of carbonyl (C=O) groups is 2. The minimum atomic E-state index is -0.248. The average molecular weight is 481 g/mol. The summed E-state index contributed by atoms with van der Waals surface area (Å²) in [6.45, 7) is 1.54. The molecule has 5 rings (SSSR count). The largest absolute Gasteiger partial charge is 0.391 e. The second-order valence-electron chi connectivity index (χ2n) is 9.00. The zero-order valence-corrected chi connectivity index (χ0v) is 20.0. The van der Waals surface area contributed by atoms with Crippen LogP contribution in [0.2, 0.25) is 0 Å². The van der Waals surface area contributed by atoms with E-state index < -0.39 is 0 Å². The topological polar surface area (TPSA) is 86.6 Å². The summed E-state index contributed by atoms with van der Waals surface area (Å²) in [4.78, 5) is 27.5. The summed E-state index contributed by atoms with van der Waals surface area (Å²) in [5.41, 5.74) is 5.26. The van der Waals surface area contributed by atoms with E-state index in [0.717, 1.165) is 30.0 Å². The highest BCUT2D eigenvalue weighted by Gasteiger charge is 2.20. The molecule has 0 bridgehead atoms. The fourth-order valence-corrected chi connectivity index (χ4v) is 4.37. The van der Waals surface area contributed by atoms with Crippen molar-refractivity contribution in [3.63, 3.8) is 0 Å². The minimum Gasteiger partial charge on any atom is -0.391 e. The molecule has 0 spiro atoms. The summed E-state index contributed by atoms with van der Waals surface area (Å²) in [6.07, 6.45) is 2.37. The Balaban J connectivity index is 1.19. The number of nitrogens with one attached hydrogen (secondary N) is 2. The molecular formula is C29H28N4O3. The van der Waals surface area contributed by atoms with Crippen molar-refractivity contribution in [1.29, 1.82) is 0 Å². The first-order chi connectivity index (χ1) is 17.5. The number of hydrogen-bond donors (Lipinski definition) is 3.